The Labute approximate surface area is 80.1 Å². The summed E-state index contributed by atoms with van der Waals surface area (Å²) in [6.07, 6.45) is -1.14. The third kappa shape index (κ3) is 5.16. The van der Waals surface area contributed by atoms with E-state index in [0.29, 0.717) is 0 Å². The molecule has 5 N–H and O–H groups in total. The molecular weight excluding hydrogens is 216 g/mol. The van der Waals surface area contributed by atoms with Crippen molar-refractivity contribution >= 4 is 22.1 Å². The molecule has 0 fully saturated rings. The molecule has 0 aliphatic rings. The molecule has 0 aliphatic carbocycles. The molecule has 0 aromatic carbocycles. The molecule has 0 saturated heterocycles. The van der Waals surface area contributed by atoms with Crippen molar-refractivity contribution in [2.75, 3.05) is 13.7 Å². The summed E-state index contributed by atoms with van der Waals surface area (Å²) in [5, 5.41) is 10.6. The fourth-order valence-corrected chi connectivity index (χ4v) is 1.10. The van der Waals surface area contributed by atoms with Crippen molar-refractivity contribution in [3.05, 3.63) is 0 Å². The number of nitrogens with one attached hydrogen (secondary N) is 2. The van der Waals surface area contributed by atoms with Gasteiger partial charge in [-0.15, -0.1) is 0 Å². The highest BCUT2D eigenvalue weighted by molar-refractivity contribution is 7.88. The maximum absolute atomic E-state index is 10.9. The third-order valence-electron chi connectivity index (χ3n) is 0.975. The predicted octanol–water partition coefficient (Wildman–Crippen LogP) is -2.08. The van der Waals surface area contributed by atoms with Crippen LogP contribution in [0.2, 0.25) is 0 Å². The zero-order valence-corrected chi connectivity index (χ0v) is 8.04. The van der Waals surface area contributed by atoms with E-state index in [1.807, 2.05) is 4.72 Å². The molecule has 0 unspecified atom stereocenters. The highest BCUT2D eigenvalue weighted by Crippen LogP contribution is 1.79. The van der Waals surface area contributed by atoms with Crippen LogP contribution in [0.5, 0.6) is 0 Å². The van der Waals surface area contributed by atoms with E-state index >= 15 is 0 Å². The number of nitrogens with two attached hydrogens (primary N) is 1. The topological polar surface area (TPSA) is 143 Å². The number of nitrogens with zero attached hydrogens (tertiary/aromatic N) is 1. The van der Waals surface area contributed by atoms with Crippen LogP contribution in [0.3, 0.4) is 0 Å². The fourth-order valence-electron chi connectivity index (χ4n) is 0.392. The van der Waals surface area contributed by atoms with E-state index in [1.54, 1.807) is 0 Å². The Morgan fingerprint density at radius 1 is 1.64 bits per heavy atom. The lowest BCUT2D eigenvalue weighted by molar-refractivity contribution is 0.177. The number of hydrogen-bond acceptors (Lipinski definition) is 6. The molecule has 14 heavy (non-hydrogen) atoms. The molecule has 82 valence electrons. The van der Waals surface area contributed by atoms with Crippen LogP contribution in [0.25, 0.3) is 0 Å². The van der Waals surface area contributed by atoms with Gasteiger partial charge >= 0.3 is 16.3 Å². The number of ether oxygens (including phenoxy) is 1. The van der Waals surface area contributed by atoms with Gasteiger partial charge in [0.25, 0.3) is 0 Å². The minimum Gasteiger partial charge on any atom is -0.452 e. The lowest BCUT2D eigenvalue weighted by Crippen LogP contribution is -2.43. The van der Waals surface area contributed by atoms with Crippen LogP contribution in [-0.4, -0.2) is 39.2 Å². The fraction of sp³-hybridized carbons (Fsp3) is 0.500. The number of amides is 1. The lowest BCUT2D eigenvalue weighted by atomic mass is 10.6. The summed E-state index contributed by atoms with van der Waals surface area (Å²) in [6, 6.07) is 0. The predicted molar refractivity (Wildman–Crippen MR) is 45.9 cm³/mol. The summed E-state index contributed by atoms with van der Waals surface area (Å²) in [4.78, 5) is 10.5. The van der Waals surface area contributed by atoms with E-state index in [4.69, 9.17) is 10.9 Å². The Morgan fingerprint density at radius 2 is 2.21 bits per heavy atom. The van der Waals surface area contributed by atoms with E-state index in [-0.39, 0.29) is 5.84 Å². The first-order valence-electron chi connectivity index (χ1n) is 3.23. The molecule has 1 amide bonds. The summed E-state index contributed by atoms with van der Waals surface area (Å²) in [5.41, 5.74) is 4.97. The highest BCUT2D eigenvalue weighted by atomic mass is 32.2. The molecule has 0 spiro atoms. The Morgan fingerprint density at radius 3 is 2.64 bits per heavy atom. The van der Waals surface area contributed by atoms with Crippen LogP contribution in [-0.2, 0) is 14.9 Å². The Bertz CT molecular complexity index is 323. The van der Waals surface area contributed by atoms with Crippen LogP contribution in [0.15, 0.2) is 5.16 Å². The molecule has 10 heteroatoms. The molecule has 0 aromatic heterocycles. The molecule has 0 aliphatic heterocycles. The second-order valence-electron chi connectivity index (χ2n) is 2.01. The normalized spacial score (nSPS) is 12.2. The van der Waals surface area contributed by atoms with Crippen LogP contribution in [0.4, 0.5) is 4.79 Å². The van der Waals surface area contributed by atoms with Gasteiger partial charge in [0.2, 0.25) is 0 Å². The quantitative estimate of drug-likeness (QED) is 0.187. The van der Waals surface area contributed by atoms with Crippen molar-refractivity contribution < 1.29 is 23.2 Å². The van der Waals surface area contributed by atoms with Crippen LogP contribution >= 0.6 is 0 Å². The van der Waals surface area contributed by atoms with Gasteiger partial charge in [-0.05, 0) is 0 Å². The average molecular weight is 226 g/mol. The molecule has 0 rings (SSSR count). The van der Waals surface area contributed by atoms with E-state index in [9.17, 15) is 13.2 Å². The van der Waals surface area contributed by atoms with Gasteiger partial charge in [-0.2, -0.15) is 13.1 Å². The maximum atomic E-state index is 10.9. The molecule has 0 aromatic rings. The number of amidine groups is 1. The van der Waals surface area contributed by atoms with Crippen LogP contribution in [0.1, 0.15) is 0 Å². The first-order chi connectivity index (χ1) is 6.41. The van der Waals surface area contributed by atoms with Crippen molar-refractivity contribution in [2.45, 2.75) is 0 Å². The van der Waals surface area contributed by atoms with Gasteiger partial charge in [0.05, 0.1) is 13.7 Å². The van der Waals surface area contributed by atoms with E-state index in [0.717, 1.165) is 7.11 Å². The first-order valence-corrected chi connectivity index (χ1v) is 4.71. The van der Waals surface area contributed by atoms with Gasteiger partial charge in [0, 0.05) is 0 Å². The van der Waals surface area contributed by atoms with Crippen molar-refractivity contribution in [3.63, 3.8) is 0 Å². The summed E-state index contributed by atoms with van der Waals surface area (Å²) in [6.45, 7) is -0.428. The van der Waals surface area contributed by atoms with Crippen LogP contribution < -0.4 is 15.2 Å². The molecule has 9 nitrogen and oxygen atoms in total. The number of carbonyl (C=O) groups excluding carboxylic acids is 1. The summed E-state index contributed by atoms with van der Waals surface area (Å²) in [5.74, 6) is -0.347. The largest absolute Gasteiger partial charge is 0.452 e. The Kier molecular flexibility index (Phi) is 4.66. The smallest absolute Gasteiger partial charge is 0.421 e. The van der Waals surface area contributed by atoms with Crippen molar-refractivity contribution in [3.8, 4) is 0 Å². The zero-order chi connectivity index (χ0) is 11.2. The summed E-state index contributed by atoms with van der Waals surface area (Å²) >= 11 is 0. The standard InChI is InChI=1S/C4H10N4O5S/c1-13-4(9)8-14(11,12)6-2-3(5)7-10/h6,10H,2H2,1H3,(H2,5,7)(H,8,9). The molecular formula is C4H10N4O5S. The van der Waals surface area contributed by atoms with Crippen molar-refractivity contribution in [1.82, 2.24) is 9.44 Å². The van der Waals surface area contributed by atoms with Crippen LogP contribution in [0, 0.1) is 0 Å². The average Bonchev–Trinajstić information content (AvgIpc) is 2.13. The van der Waals surface area contributed by atoms with Gasteiger partial charge in [-0.3, -0.25) is 0 Å². The molecule has 0 radical (unpaired) electrons. The Hall–Kier alpha value is -1.55. The number of oxime groups is 1. The monoisotopic (exact) mass is 226 g/mol. The van der Waals surface area contributed by atoms with Gasteiger partial charge in [-0.1, -0.05) is 5.16 Å². The van der Waals surface area contributed by atoms with E-state index in [2.05, 4.69) is 9.89 Å². The minimum atomic E-state index is -4.04. The third-order valence-corrected chi connectivity index (χ3v) is 1.93. The second kappa shape index (κ2) is 5.24. The van der Waals surface area contributed by atoms with Gasteiger partial charge in [0.15, 0.2) is 5.84 Å². The zero-order valence-electron chi connectivity index (χ0n) is 7.22. The van der Waals surface area contributed by atoms with Crippen molar-refractivity contribution in [2.24, 2.45) is 10.9 Å². The molecule has 0 saturated carbocycles. The summed E-state index contributed by atoms with van der Waals surface area (Å²) < 4.78 is 29.2. The lowest BCUT2D eigenvalue weighted by Gasteiger charge is -2.05. The van der Waals surface area contributed by atoms with E-state index in [1.165, 1.54) is 4.72 Å². The molecule has 0 heterocycles. The van der Waals surface area contributed by atoms with Gasteiger partial charge < -0.3 is 15.7 Å². The number of methoxy groups -OCH3 is 1. The molecule has 0 atom stereocenters. The van der Waals surface area contributed by atoms with Gasteiger partial charge in [-0.25, -0.2) is 9.52 Å². The SMILES string of the molecule is COC(=O)NS(=O)(=O)NCC(N)=NO. The number of rotatable bonds is 4. The molecule has 0 bridgehead atoms. The maximum Gasteiger partial charge on any atom is 0.421 e. The van der Waals surface area contributed by atoms with E-state index < -0.39 is 22.8 Å². The summed E-state index contributed by atoms with van der Waals surface area (Å²) in [7, 11) is -3.04. The van der Waals surface area contributed by atoms with Gasteiger partial charge in [0.1, 0.15) is 0 Å². The van der Waals surface area contributed by atoms with Crippen molar-refractivity contribution in [1.29, 1.82) is 0 Å². The first kappa shape index (κ1) is 12.4. The Balaban J connectivity index is 4.16. The number of carbonyl (C=O) groups is 1. The number of hydrogen-bond donors (Lipinski definition) is 4. The highest BCUT2D eigenvalue weighted by Gasteiger charge is 2.13. The second-order valence-corrected chi connectivity index (χ2v) is 3.51. The minimum absolute atomic E-state index is 0.347.